The number of aryl methyl sites for hydroxylation is 3. The molecule has 0 saturated carbocycles. The number of benzene rings is 3. The maximum absolute atomic E-state index is 12.6. The molecule has 3 aromatic carbocycles. The molecule has 33 heavy (non-hydrogen) atoms. The van der Waals surface area contributed by atoms with Gasteiger partial charge in [0, 0.05) is 16.9 Å². The molecule has 6 nitrogen and oxygen atoms in total. The van der Waals surface area contributed by atoms with Gasteiger partial charge in [0.25, 0.3) is 0 Å². The van der Waals surface area contributed by atoms with E-state index in [-0.39, 0.29) is 11.7 Å². The Labute approximate surface area is 198 Å². The fraction of sp³-hybridized carbons (Fsp3) is 0.192. The zero-order valence-electron chi connectivity index (χ0n) is 19.1. The number of nitrogens with one attached hydrogen (secondary N) is 1. The van der Waals surface area contributed by atoms with E-state index in [0.29, 0.717) is 5.16 Å². The van der Waals surface area contributed by atoms with E-state index in [1.54, 1.807) is 7.11 Å². The molecule has 0 aliphatic heterocycles. The van der Waals surface area contributed by atoms with Crippen LogP contribution >= 0.6 is 11.8 Å². The molecule has 1 aromatic heterocycles. The van der Waals surface area contributed by atoms with Crippen molar-refractivity contribution in [2.24, 2.45) is 0 Å². The molecule has 0 fully saturated rings. The van der Waals surface area contributed by atoms with Crippen LogP contribution in [0.15, 0.2) is 71.9 Å². The Balaban J connectivity index is 1.59. The van der Waals surface area contributed by atoms with E-state index in [1.165, 1.54) is 22.9 Å². The van der Waals surface area contributed by atoms with Crippen LogP contribution in [0, 0.1) is 20.8 Å². The number of methoxy groups -OCH3 is 1. The summed E-state index contributed by atoms with van der Waals surface area (Å²) < 4.78 is 7.27. The van der Waals surface area contributed by atoms with Gasteiger partial charge >= 0.3 is 0 Å². The quantitative estimate of drug-likeness (QED) is 0.365. The summed E-state index contributed by atoms with van der Waals surface area (Å²) in [5.41, 5.74) is 6.15. The van der Waals surface area contributed by atoms with Gasteiger partial charge < -0.3 is 10.1 Å². The first kappa shape index (κ1) is 22.6. The lowest BCUT2D eigenvalue weighted by atomic mass is 10.1. The van der Waals surface area contributed by atoms with E-state index in [1.807, 2.05) is 85.1 Å². The Morgan fingerprint density at radius 2 is 1.67 bits per heavy atom. The van der Waals surface area contributed by atoms with Crippen molar-refractivity contribution in [3.05, 3.63) is 83.4 Å². The van der Waals surface area contributed by atoms with Crippen molar-refractivity contribution in [2.75, 3.05) is 18.2 Å². The summed E-state index contributed by atoms with van der Waals surface area (Å²) in [5, 5.41) is 12.5. The summed E-state index contributed by atoms with van der Waals surface area (Å²) >= 11 is 1.35. The Kier molecular flexibility index (Phi) is 6.79. The van der Waals surface area contributed by atoms with Gasteiger partial charge in [0.15, 0.2) is 11.0 Å². The molecule has 1 amide bonds. The standard InChI is InChI=1S/C26H26N4O2S/c1-17-5-8-20(9-6-17)25-28-29-26(30(25)22-11-13-23(32-4)14-12-22)33-16-24(31)27-21-10-7-18(2)19(3)15-21/h5-15H,16H2,1-4H3,(H,27,31). The van der Waals surface area contributed by atoms with Crippen molar-refractivity contribution in [1.29, 1.82) is 0 Å². The second-order valence-corrected chi connectivity index (χ2v) is 8.78. The molecule has 4 rings (SSSR count). The number of hydrogen-bond acceptors (Lipinski definition) is 5. The van der Waals surface area contributed by atoms with Crippen LogP contribution in [0.5, 0.6) is 5.75 Å². The molecule has 0 atom stereocenters. The van der Waals surface area contributed by atoms with Crippen LogP contribution in [0.2, 0.25) is 0 Å². The Morgan fingerprint density at radius 3 is 2.33 bits per heavy atom. The summed E-state index contributed by atoms with van der Waals surface area (Å²) in [6.07, 6.45) is 0. The highest BCUT2D eigenvalue weighted by atomic mass is 32.2. The highest BCUT2D eigenvalue weighted by Gasteiger charge is 2.17. The van der Waals surface area contributed by atoms with E-state index >= 15 is 0 Å². The molecule has 0 bridgehead atoms. The maximum Gasteiger partial charge on any atom is 0.234 e. The molecular weight excluding hydrogens is 432 g/mol. The van der Waals surface area contributed by atoms with E-state index in [0.717, 1.165) is 34.1 Å². The summed E-state index contributed by atoms with van der Waals surface area (Å²) in [7, 11) is 1.64. The lowest BCUT2D eigenvalue weighted by molar-refractivity contribution is -0.113. The third-order valence-corrected chi connectivity index (χ3v) is 6.33. The average Bonchev–Trinajstić information content (AvgIpc) is 3.24. The van der Waals surface area contributed by atoms with Crippen LogP contribution < -0.4 is 10.1 Å². The first-order chi connectivity index (χ1) is 15.9. The van der Waals surface area contributed by atoms with Crippen LogP contribution in [-0.2, 0) is 4.79 Å². The molecule has 4 aromatic rings. The molecule has 0 unspecified atom stereocenters. The predicted octanol–water partition coefficient (Wildman–Crippen LogP) is 5.60. The maximum atomic E-state index is 12.6. The normalized spacial score (nSPS) is 10.8. The van der Waals surface area contributed by atoms with Crippen LogP contribution in [0.3, 0.4) is 0 Å². The Bertz CT molecular complexity index is 1260. The van der Waals surface area contributed by atoms with Gasteiger partial charge in [0.1, 0.15) is 5.75 Å². The largest absolute Gasteiger partial charge is 0.497 e. The minimum absolute atomic E-state index is 0.0931. The number of rotatable bonds is 7. The lowest BCUT2D eigenvalue weighted by Gasteiger charge is -2.12. The van der Waals surface area contributed by atoms with Crippen molar-refractivity contribution < 1.29 is 9.53 Å². The van der Waals surface area contributed by atoms with Crippen molar-refractivity contribution >= 4 is 23.4 Å². The van der Waals surface area contributed by atoms with E-state index < -0.39 is 0 Å². The highest BCUT2D eigenvalue weighted by molar-refractivity contribution is 7.99. The number of aromatic nitrogens is 3. The van der Waals surface area contributed by atoms with Crippen LogP contribution in [0.25, 0.3) is 17.1 Å². The van der Waals surface area contributed by atoms with Gasteiger partial charge in [-0.1, -0.05) is 47.7 Å². The summed E-state index contributed by atoms with van der Waals surface area (Å²) in [4.78, 5) is 12.6. The molecule has 0 saturated heterocycles. The summed E-state index contributed by atoms with van der Waals surface area (Å²) in [6, 6.07) is 21.8. The number of ether oxygens (including phenoxy) is 1. The summed E-state index contributed by atoms with van der Waals surface area (Å²) in [6.45, 7) is 6.13. The number of hydrogen-bond donors (Lipinski definition) is 1. The third kappa shape index (κ3) is 5.26. The van der Waals surface area contributed by atoms with Gasteiger partial charge in [0.2, 0.25) is 5.91 Å². The highest BCUT2D eigenvalue weighted by Crippen LogP contribution is 2.29. The zero-order valence-corrected chi connectivity index (χ0v) is 19.9. The third-order valence-electron chi connectivity index (χ3n) is 5.40. The van der Waals surface area contributed by atoms with E-state index in [4.69, 9.17) is 4.74 Å². The van der Waals surface area contributed by atoms with E-state index in [2.05, 4.69) is 22.4 Å². The molecule has 0 spiro atoms. The first-order valence-corrected chi connectivity index (χ1v) is 11.6. The SMILES string of the molecule is COc1ccc(-n2c(SCC(=O)Nc3ccc(C)c(C)c3)nnc2-c2ccc(C)cc2)cc1. The van der Waals surface area contributed by atoms with Crippen LogP contribution in [-0.4, -0.2) is 33.5 Å². The van der Waals surface area contributed by atoms with Gasteiger partial charge in [-0.2, -0.15) is 0 Å². The minimum Gasteiger partial charge on any atom is -0.497 e. The first-order valence-electron chi connectivity index (χ1n) is 10.6. The van der Waals surface area contributed by atoms with Crippen molar-refractivity contribution in [3.63, 3.8) is 0 Å². The van der Waals surface area contributed by atoms with Gasteiger partial charge in [-0.25, -0.2) is 0 Å². The topological polar surface area (TPSA) is 69.0 Å². The smallest absolute Gasteiger partial charge is 0.234 e. The van der Waals surface area contributed by atoms with Crippen molar-refractivity contribution in [2.45, 2.75) is 25.9 Å². The van der Waals surface area contributed by atoms with Crippen molar-refractivity contribution in [3.8, 4) is 22.8 Å². The molecular formula is C26H26N4O2S. The van der Waals surface area contributed by atoms with Crippen molar-refractivity contribution in [1.82, 2.24) is 14.8 Å². The molecule has 168 valence electrons. The monoisotopic (exact) mass is 458 g/mol. The molecule has 0 aliphatic rings. The molecule has 0 radical (unpaired) electrons. The Morgan fingerprint density at radius 1 is 0.939 bits per heavy atom. The second kappa shape index (κ2) is 9.92. The Hall–Kier alpha value is -3.58. The lowest BCUT2D eigenvalue weighted by Crippen LogP contribution is -2.14. The van der Waals surface area contributed by atoms with Gasteiger partial charge in [-0.05, 0) is 68.3 Å². The number of carbonyl (C=O) groups excluding carboxylic acids is 1. The number of anilines is 1. The molecule has 1 N–H and O–H groups in total. The van der Waals surface area contributed by atoms with E-state index in [9.17, 15) is 4.79 Å². The minimum atomic E-state index is -0.0931. The van der Waals surface area contributed by atoms with Crippen LogP contribution in [0.1, 0.15) is 16.7 Å². The number of carbonyl (C=O) groups is 1. The average molecular weight is 459 g/mol. The molecule has 7 heteroatoms. The second-order valence-electron chi connectivity index (χ2n) is 7.84. The van der Waals surface area contributed by atoms with Gasteiger partial charge in [0.05, 0.1) is 12.9 Å². The number of thioether (sulfide) groups is 1. The fourth-order valence-electron chi connectivity index (χ4n) is 3.36. The molecule has 0 aliphatic carbocycles. The summed E-state index contributed by atoms with van der Waals surface area (Å²) in [5.74, 6) is 1.61. The predicted molar refractivity (Wildman–Crippen MR) is 133 cm³/mol. The fourth-order valence-corrected chi connectivity index (χ4v) is 4.12. The van der Waals surface area contributed by atoms with Crippen LogP contribution in [0.4, 0.5) is 5.69 Å². The van der Waals surface area contributed by atoms with Gasteiger partial charge in [-0.3, -0.25) is 9.36 Å². The number of amides is 1. The molecule has 1 heterocycles. The zero-order chi connectivity index (χ0) is 23.4. The van der Waals surface area contributed by atoms with Gasteiger partial charge in [-0.15, -0.1) is 10.2 Å². The number of nitrogens with zero attached hydrogens (tertiary/aromatic N) is 3.